The number of rotatable bonds is 3. The van der Waals surface area contributed by atoms with E-state index in [1.165, 1.54) is 5.56 Å². The van der Waals surface area contributed by atoms with Crippen molar-refractivity contribution in [2.24, 2.45) is 5.92 Å². The van der Waals surface area contributed by atoms with E-state index in [-0.39, 0.29) is 12.0 Å². The first kappa shape index (κ1) is 13.4. The maximum absolute atomic E-state index is 11.0. The number of anilines is 1. The largest absolute Gasteiger partial charge is 0.481 e. The number of carboxylic acid groups (broad SMARTS) is 1. The number of carbonyl (C=O) groups is 1. The maximum atomic E-state index is 11.0. The molecule has 0 amide bonds. The molecular weight excluding hydrogens is 294 g/mol. The molecule has 1 saturated carbocycles. The minimum Gasteiger partial charge on any atom is -0.481 e. The summed E-state index contributed by atoms with van der Waals surface area (Å²) in [4.78, 5) is 11.0. The summed E-state index contributed by atoms with van der Waals surface area (Å²) in [7, 11) is 0. The lowest BCUT2D eigenvalue weighted by molar-refractivity contribution is -0.142. The zero-order valence-corrected chi connectivity index (χ0v) is 12.0. The third-order valence-electron chi connectivity index (χ3n) is 3.57. The van der Waals surface area contributed by atoms with Gasteiger partial charge in [0.15, 0.2) is 0 Å². The standard InChI is InChI=1S/C14H18BrNO2/c1-9-7-11(15)5-6-13(9)16-12-4-2-3-10(8-12)14(17)18/h5-7,10,12,16H,2-4,8H2,1H3,(H,17,18). The number of aryl methyl sites for hydroxylation is 1. The highest BCUT2D eigenvalue weighted by molar-refractivity contribution is 9.10. The molecule has 3 nitrogen and oxygen atoms in total. The van der Waals surface area contributed by atoms with Gasteiger partial charge < -0.3 is 10.4 Å². The summed E-state index contributed by atoms with van der Waals surface area (Å²) in [5.41, 5.74) is 2.29. The monoisotopic (exact) mass is 311 g/mol. The lowest BCUT2D eigenvalue weighted by Gasteiger charge is -2.28. The van der Waals surface area contributed by atoms with Crippen molar-refractivity contribution in [1.29, 1.82) is 0 Å². The Morgan fingerprint density at radius 3 is 2.89 bits per heavy atom. The molecule has 2 rings (SSSR count). The van der Waals surface area contributed by atoms with E-state index in [4.69, 9.17) is 5.11 Å². The van der Waals surface area contributed by atoms with Crippen molar-refractivity contribution < 1.29 is 9.90 Å². The van der Waals surface area contributed by atoms with Crippen molar-refractivity contribution in [1.82, 2.24) is 0 Å². The second kappa shape index (κ2) is 5.74. The Kier molecular flexibility index (Phi) is 4.27. The molecule has 1 aromatic carbocycles. The topological polar surface area (TPSA) is 49.3 Å². The molecule has 1 aliphatic carbocycles. The molecule has 1 aliphatic rings. The summed E-state index contributed by atoms with van der Waals surface area (Å²) < 4.78 is 1.07. The summed E-state index contributed by atoms with van der Waals surface area (Å²) >= 11 is 3.44. The van der Waals surface area contributed by atoms with Crippen molar-refractivity contribution >= 4 is 27.6 Å². The van der Waals surface area contributed by atoms with Gasteiger partial charge in [-0.05, 0) is 49.9 Å². The van der Waals surface area contributed by atoms with Gasteiger partial charge in [0, 0.05) is 16.2 Å². The van der Waals surface area contributed by atoms with E-state index in [1.807, 2.05) is 12.1 Å². The Morgan fingerprint density at radius 2 is 2.22 bits per heavy atom. The van der Waals surface area contributed by atoms with Gasteiger partial charge in [-0.3, -0.25) is 4.79 Å². The Morgan fingerprint density at radius 1 is 1.44 bits per heavy atom. The van der Waals surface area contributed by atoms with E-state index in [1.54, 1.807) is 0 Å². The number of hydrogen-bond acceptors (Lipinski definition) is 2. The van der Waals surface area contributed by atoms with E-state index in [0.717, 1.165) is 35.8 Å². The van der Waals surface area contributed by atoms with Crippen LogP contribution in [0.3, 0.4) is 0 Å². The minimum absolute atomic E-state index is 0.188. The van der Waals surface area contributed by atoms with Crippen molar-refractivity contribution in [2.75, 3.05) is 5.32 Å². The van der Waals surface area contributed by atoms with Gasteiger partial charge in [-0.1, -0.05) is 22.4 Å². The molecule has 0 aliphatic heterocycles. The Hall–Kier alpha value is -1.03. The predicted molar refractivity (Wildman–Crippen MR) is 75.9 cm³/mol. The zero-order valence-electron chi connectivity index (χ0n) is 10.4. The number of benzene rings is 1. The SMILES string of the molecule is Cc1cc(Br)ccc1NC1CCCC(C(=O)O)C1. The number of carboxylic acids is 1. The van der Waals surface area contributed by atoms with E-state index < -0.39 is 5.97 Å². The number of nitrogens with one attached hydrogen (secondary N) is 1. The molecule has 1 fully saturated rings. The molecule has 2 atom stereocenters. The Bertz CT molecular complexity index is 447. The fourth-order valence-corrected chi connectivity index (χ4v) is 3.03. The van der Waals surface area contributed by atoms with Crippen molar-refractivity contribution in [2.45, 2.75) is 38.6 Å². The third-order valence-corrected chi connectivity index (χ3v) is 4.06. The highest BCUT2D eigenvalue weighted by Gasteiger charge is 2.26. The fraction of sp³-hybridized carbons (Fsp3) is 0.500. The molecule has 18 heavy (non-hydrogen) atoms. The van der Waals surface area contributed by atoms with Crippen LogP contribution in [0.4, 0.5) is 5.69 Å². The molecule has 2 unspecified atom stereocenters. The molecule has 0 heterocycles. The van der Waals surface area contributed by atoms with Gasteiger partial charge in [0.05, 0.1) is 5.92 Å². The second-order valence-corrected chi connectivity index (χ2v) is 5.92. The highest BCUT2D eigenvalue weighted by Crippen LogP contribution is 2.28. The molecule has 0 radical (unpaired) electrons. The van der Waals surface area contributed by atoms with Crippen LogP contribution in [0.2, 0.25) is 0 Å². The van der Waals surface area contributed by atoms with Crippen LogP contribution in [0.25, 0.3) is 0 Å². The molecule has 4 heteroatoms. The van der Waals surface area contributed by atoms with Gasteiger partial charge in [0.25, 0.3) is 0 Å². The van der Waals surface area contributed by atoms with Crippen molar-refractivity contribution in [3.63, 3.8) is 0 Å². The molecule has 0 saturated heterocycles. The van der Waals surface area contributed by atoms with Crippen LogP contribution >= 0.6 is 15.9 Å². The van der Waals surface area contributed by atoms with E-state index in [0.29, 0.717) is 0 Å². The van der Waals surface area contributed by atoms with E-state index in [2.05, 4.69) is 34.2 Å². The van der Waals surface area contributed by atoms with Crippen LogP contribution in [0.1, 0.15) is 31.2 Å². The number of halogens is 1. The average molecular weight is 312 g/mol. The molecule has 0 aromatic heterocycles. The van der Waals surface area contributed by atoms with Crippen LogP contribution in [0, 0.1) is 12.8 Å². The lowest BCUT2D eigenvalue weighted by atomic mass is 9.85. The first-order valence-corrected chi connectivity index (χ1v) is 7.11. The molecule has 1 aromatic rings. The quantitative estimate of drug-likeness (QED) is 0.892. The van der Waals surface area contributed by atoms with Gasteiger partial charge in [0.2, 0.25) is 0 Å². The summed E-state index contributed by atoms with van der Waals surface area (Å²) in [6, 6.07) is 6.40. The van der Waals surface area contributed by atoms with Crippen LogP contribution in [-0.4, -0.2) is 17.1 Å². The maximum Gasteiger partial charge on any atom is 0.306 e. The van der Waals surface area contributed by atoms with Crippen LogP contribution in [0.5, 0.6) is 0 Å². The average Bonchev–Trinajstić information content (AvgIpc) is 2.33. The summed E-state index contributed by atoms with van der Waals surface area (Å²) in [6.45, 7) is 2.06. The van der Waals surface area contributed by atoms with Crippen LogP contribution < -0.4 is 5.32 Å². The number of aliphatic carboxylic acids is 1. The van der Waals surface area contributed by atoms with Gasteiger partial charge in [-0.2, -0.15) is 0 Å². The van der Waals surface area contributed by atoms with Gasteiger partial charge >= 0.3 is 5.97 Å². The fourth-order valence-electron chi connectivity index (χ4n) is 2.55. The van der Waals surface area contributed by atoms with Crippen LogP contribution in [0.15, 0.2) is 22.7 Å². The molecule has 2 N–H and O–H groups in total. The molecule has 0 spiro atoms. The molecule has 98 valence electrons. The predicted octanol–water partition coefficient (Wildman–Crippen LogP) is 3.81. The Balaban J connectivity index is 2.02. The zero-order chi connectivity index (χ0) is 13.1. The lowest BCUT2D eigenvalue weighted by Crippen LogP contribution is -2.31. The molecular formula is C14H18BrNO2. The van der Waals surface area contributed by atoms with Gasteiger partial charge in [-0.15, -0.1) is 0 Å². The normalized spacial score (nSPS) is 23.7. The number of hydrogen-bond donors (Lipinski definition) is 2. The van der Waals surface area contributed by atoms with Crippen LogP contribution in [-0.2, 0) is 4.79 Å². The Labute approximate surface area is 116 Å². The summed E-state index contributed by atoms with van der Waals surface area (Å²) in [5.74, 6) is -0.846. The van der Waals surface area contributed by atoms with Gasteiger partial charge in [-0.25, -0.2) is 0 Å². The smallest absolute Gasteiger partial charge is 0.306 e. The first-order valence-electron chi connectivity index (χ1n) is 6.32. The summed E-state index contributed by atoms with van der Waals surface area (Å²) in [5, 5.41) is 12.6. The van der Waals surface area contributed by atoms with Crippen molar-refractivity contribution in [3.8, 4) is 0 Å². The third kappa shape index (κ3) is 3.25. The van der Waals surface area contributed by atoms with E-state index in [9.17, 15) is 4.79 Å². The van der Waals surface area contributed by atoms with Gasteiger partial charge in [0.1, 0.15) is 0 Å². The second-order valence-electron chi connectivity index (χ2n) is 5.00. The van der Waals surface area contributed by atoms with Crippen molar-refractivity contribution in [3.05, 3.63) is 28.2 Å². The van der Waals surface area contributed by atoms with E-state index >= 15 is 0 Å². The first-order chi connectivity index (χ1) is 8.56. The highest BCUT2D eigenvalue weighted by atomic mass is 79.9. The minimum atomic E-state index is -0.658. The summed E-state index contributed by atoms with van der Waals surface area (Å²) in [6.07, 6.45) is 3.58. The molecule has 0 bridgehead atoms.